The van der Waals surface area contributed by atoms with E-state index in [1.807, 2.05) is 0 Å². The molecule has 0 radical (unpaired) electrons. The molecule has 0 aromatic heterocycles. The molecule has 1 aliphatic carbocycles. The zero-order chi connectivity index (χ0) is 19.1. The van der Waals surface area contributed by atoms with Gasteiger partial charge < -0.3 is 9.84 Å². The third-order valence-electron chi connectivity index (χ3n) is 5.18. The number of nitrogens with zero attached hydrogens (tertiary/aromatic N) is 2. The molecule has 1 heterocycles. The lowest BCUT2D eigenvalue weighted by Crippen LogP contribution is -2.62. The molecule has 1 aromatic rings. The Hall–Kier alpha value is -2.09. The maximum atomic E-state index is 13.8. The molecule has 1 N–H and O–H groups in total. The van der Waals surface area contributed by atoms with Gasteiger partial charge in [-0.15, -0.1) is 0 Å². The normalized spacial score (nSPS) is 28.5. The maximum Gasteiger partial charge on any atom is 0.439 e. The fraction of sp³-hybridized carbons (Fsp3) is 0.556. The van der Waals surface area contributed by atoms with Crippen LogP contribution in [0.5, 0.6) is 5.75 Å². The van der Waals surface area contributed by atoms with E-state index in [1.165, 1.54) is 7.11 Å². The summed E-state index contributed by atoms with van der Waals surface area (Å²) in [5, 5.41) is 14.8. The molecule has 26 heavy (non-hydrogen) atoms. The zero-order valence-corrected chi connectivity index (χ0v) is 14.6. The summed E-state index contributed by atoms with van der Waals surface area (Å²) in [4.78, 5) is 12.6. The molecule has 0 unspecified atom stereocenters. The third kappa shape index (κ3) is 2.96. The molecule has 142 valence electrons. The van der Waals surface area contributed by atoms with Crippen LogP contribution in [0.3, 0.4) is 0 Å². The highest BCUT2D eigenvalue weighted by atomic mass is 19.4. The van der Waals surface area contributed by atoms with Crippen LogP contribution in [0.1, 0.15) is 31.7 Å². The number of carbonyl (C=O) groups is 1. The standard InChI is InChI=1S/C18H21F3N2O3/c1-11-4-3-5-14-16(11)22-23(17(14,25)18(19,20)21)15(24)10-12-6-8-13(26-2)9-7-12/h6-9,11,14,25H,3-5,10H2,1-2H3/t11-,14-,17-/m1/s1. The largest absolute Gasteiger partial charge is 0.497 e. The smallest absolute Gasteiger partial charge is 0.439 e. The molecule has 3 rings (SSSR count). The van der Waals surface area contributed by atoms with Crippen molar-refractivity contribution in [3.8, 4) is 5.75 Å². The van der Waals surface area contributed by atoms with Gasteiger partial charge in [0.25, 0.3) is 5.72 Å². The van der Waals surface area contributed by atoms with Crippen LogP contribution in [0, 0.1) is 11.8 Å². The van der Waals surface area contributed by atoms with Gasteiger partial charge in [-0.1, -0.05) is 25.5 Å². The Morgan fingerprint density at radius 1 is 1.35 bits per heavy atom. The summed E-state index contributed by atoms with van der Waals surface area (Å²) in [6.45, 7) is 1.78. The Morgan fingerprint density at radius 2 is 2.00 bits per heavy atom. The quantitative estimate of drug-likeness (QED) is 0.889. The van der Waals surface area contributed by atoms with Gasteiger partial charge in [-0.25, -0.2) is 0 Å². The second-order valence-electron chi connectivity index (χ2n) is 6.86. The summed E-state index contributed by atoms with van der Waals surface area (Å²) in [7, 11) is 1.49. The highest BCUT2D eigenvalue weighted by molar-refractivity contribution is 5.95. The molecule has 1 aromatic carbocycles. The van der Waals surface area contributed by atoms with Gasteiger partial charge in [-0.2, -0.15) is 23.3 Å². The van der Waals surface area contributed by atoms with Crippen LogP contribution < -0.4 is 4.74 Å². The Kier molecular flexibility index (Phi) is 4.72. The highest BCUT2D eigenvalue weighted by Crippen LogP contribution is 2.49. The fourth-order valence-corrected chi connectivity index (χ4v) is 3.74. The Morgan fingerprint density at radius 3 is 2.58 bits per heavy atom. The number of methoxy groups -OCH3 is 1. The number of hydrogen-bond acceptors (Lipinski definition) is 4. The van der Waals surface area contributed by atoms with Crippen molar-refractivity contribution in [1.82, 2.24) is 5.01 Å². The molecular formula is C18H21F3N2O3. The summed E-state index contributed by atoms with van der Waals surface area (Å²) >= 11 is 0. The van der Waals surface area contributed by atoms with Gasteiger partial charge in [0.05, 0.1) is 19.4 Å². The lowest BCUT2D eigenvalue weighted by atomic mass is 9.75. The van der Waals surface area contributed by atoms with Crippen molar-refractivity contribution < 1.29 is 27.8 Å². The van der Waals surface area contributed by atoms with Gasteiger partial charge in [0.2, 0.25) is 5.91 Å². The first-order valence-electron chi connectivity index (χ1n) is 8.52. The number of benzene rings is 1. The van der Waals surface area contributed by atoms with Crippen LogP contribution >= 0.6 is 0 Å². The fourth-order valence-electron chi connectivity index (χ4n) is 3.74. The number of hydrogen-bond donors (Lipinski definition) is 1. The van der Waals surface area contributed by atoms with Gasteiger partial charge in [0, 0.05) is 5.71 Å². The van der Waals surface area contributed by atoms with Crippen LogP contribution in [0.2, 0.25) is 0 Å². The summed E-state index contributed by atoms with van der Waals surface area (Å²) in [6, 6.07) is 6.44. The summed E-state index contributed by atoms with van der Waals surface area (Å²) in [6.07, 6.45) is -3.87. The molecule has 1 fully saturated rings. The van der Waals surface area contributed by atoms with Crippen molar-refractivity contribution in [1.29, 1.82) is 0 Å². The van der Waals surface area contributed by atoms with E-state index < -0.39 is 23.7 Å². The van der Waals surface area contributed by atoms with Crippen LogP contribution in [-0.4, -0.2) is 40.7 Å². The van der Waals surface area contributed by atoms with Crippen LogP contribution in [0.4, 0.5) is 13.2 Å². The van der Waals surface area contributed by atoms with Crippen LogP contribution in [0.15, 0.2) is 29.4 Å². The first-order valence-corrected chi connectivity index (χ1v) is 8.52. The Labute approximate surface area is 149 Å². The number of alkyl halides is 3. The van der Waals surface area contributed by atoms with Crippen molar-refractivity contribution >= 4 is 11.6 Å². The average Bonchev–Trinajstić information content (AvgIpc) is 2.91. The lowest BCUT2D eigenvalue weighted by Gasteiger charge is -2.39. The molecular weight excluding hydrogens is 349 g/mol. The van der Waals surface area contributed by atoms with E-state index in [1.54, 1.807) is 31.2 Å². The summed E-state index contributed by atoms with van der Waals surface area (Å²) in [5.41, 5.74) is -2.50. The van der Waals surface area contributed by atoms with Crippen molar-refractivity contribution in [3.05, 3.63) is 29.8 Å². The van der Waals surface area contributed by atoms with Crippen LogP contribution in [0.25, 0.3) is 0 Å². The summed E-state index contributed by atoms with van der Waals surface area (Å²) in [5.74, 6) is -1.70. The molecule has 0 saturated heterocycles. The predicted octanol–water partition coefficient (Wildman–Crippen LogP) is 3.12. The number of amides is 1. The molecule has 1 amide bonds. The first-order chi connectivity index (χ1) is 12.2. The minimum Gasteiger partial charge on any atom is -0.497 e. The van der Waals surface area contributed by atoms with Gasteiger partial charge >= 0.3 is 6.18 Å². The number of rotatable bonds is 3. The number of fused-ring (bicyclic) bond motifs is 1. The van der Waals surface area contributed by atoms with Crippen molar-refractivity contribution in [2.45, 2.75) is 44.5 Å². The molecule has 0 spiro atoms. The monoisotopic (exact) mass is 370 g/mol. The minimum atomic E-state index is -4.99. The Bertz CT molecular complexity index is 717. The molecule has 1 aliphatic heterocycles. The van der Waals surface area contributed by atoms with Crippen molar-refractivity contribution in [2.24, 2.45) is 16.9 Å². The number of aliphatic hydroxyl groups is 1. The van der Waals surface area contributed by atoms with E-state index in [9.17, 15) is 23.1 Å². The third-order valence-corrected chi connectivity index (χ3v) is 5.18. The predicted molar refractivity (Wildman–Crippen MR) is 88.5 cm³/mol. The highest BCUT2D eigenvalue weighted by Gasteiger charge is 2.68. The van der Waals surface area contributed by atoms with Crippen molar-refractivity contribution in [2.75, 3.05) is 7.11 Å². The zero-order valence-electron chi connectivity index (χ0n) is 14.6. The summed E-state index contributed by atoms with van der Waals surface area (Å²) < 4.78 is 46.3. The van der Waals surface area contributed by atoms with E-state index in [0.29, 0.717) is 24.2 Å². The molecule has 3 atom stereocenters. The molecule has 8 heteroatoms. The molecule has 1 saturated carbocycles. The number of carbonyl (C=O) groups excluding carboxylic acids is 1. The van der Waals surface area contributed by atoms with E-state index in [4.69, 9.17) is 4.74 Å². The van der Waals surface area contributed by atoms with Gasteiger partial charge in [0.1, 0.15) is 5.75 Å². The first kappa shape index (κ1) is 18.7. The van der Waals surface area contributed by atoms with Crippen molar-refractivity contribution in [3.63, 3.8) is 0 Å². The van der Waals surface area contributed by atoms with Gasteiger partial charge in [-0.05, 0) is 36.5 Å². The number of ether oxygens (including phenoxy) is 1. The van der Waals surface area contributed by atoms with E-state index in [0.717, 1.165) is 0 Å². The maximum absolute atomic E-state index is 13.8. The number of halogens is 3. The van der Waals surface area contributed by atoms with E-state index >= 15 is 0 Å². The molecule has 2 aliphatic rings. The van der Waals surface area contributed by atoms with Crippen LogP contribution in [-0.2, 0) is 11.2 Å². The second kappa shape index (κ2) is 6.57. The lowest BCUT2D eigenvalue weighted by molar-refractivity contribution is -0.317. The average molecular weight is 370 g/mol. The van der Waals surface area contributed by atoms with Gasteiger partial charge in [-0.3, -0.25) is 4.79 Å². The second-order valence-corrected chi connectivity index (χ2v) is 6.86. The van der Waals surface area contributed by atoms with Gasteiger partial charge in [0.15, 0.2) is 0 Å². The van der Waals surface area contributed by atoms with E-state index in [2.05, 4.69) is 5.10 Å². The number of hydrazone groups is 1. The molecule has 0 bridgehead atoms. The van der Waals surface area contributed by atoms with E-state index in [-0.39, 0.29) is 29.5 Å². The SMILES string of the molecule is COc1ccc(CC(=O)N2N=C3[C@H](C)CCC[C@H]3[C@@]2(O)C(F)(F)F)cc1. The topological polar surface area (TPSA) is 62.1 Å². The Balaban J connectivity index is 1.90. The minimum absolute atomic E-state index is 0.158. The molecule has 5 nitrogen and oxygen atoms in total.